The molecule has 0 nitrogen and oxygen atoms in total. The van der Waals surface area contributed by atoms with E-state index in [1.54, 1.807) is 0 Å². The van der Waals surface area contributed by atoms with Crippen molar-refractivity contribution in [3.63, 3.8) is 0 Å². The average Bonchev–Trinajstić information content (AvgIpc) is 1.69. The third kappa shape index (κ3) is 10.3. The van der Waals surface area contributed by atoms with E-state index < -0.39 is 0 Å². The standard InChI is InChI=1S/C5H11S2.Li/c1-3-6-5-7-4-2;/h5H,3-4H2,1-2H3;/q-1;+1. The van der Waals surface area contributed by atoms with Crippen LogP contribution in [0.5, 0.6) is 0 Å². The summed E-state index contributed by atoms with van der Waals surface area (Å²) in [5, 5.41) is 2.19. The molecule has 0 aromatic heterocycles. The van der Waals surface area contributed by atoms with Crippen LogP contribution in [0.15, 0.2) is 0 Å². The summed E-state index contributed by atoms with van der Waals surface area (Å²) >= 11 is 3.74. The average molecular weight is 142 g/mol. The number of rotatable bonds is 4. The molecule has 0 radical (unpaired) electrons. The van der Waals surface area contributed by atoms with Crippen LogP contribution in [0.25, 0.3) is 0 Å². The van der Waals surface area contributed by atoms with E-state index in [0.29, 0.717) is 0 Å². The van der Waals surface area contributed by atoms with Gasteiger partial charge in [0.25, 0.3) is 0 Å². The Bertz CT molecular complexity index is 29.6. The van der Waals surface area contributed by atoms with Crippen molar-refractivity contribution in [1.82, 2.24) is 0 Å². The minimum absolute atomic E-state index is 0. The number of hydrogen-bond acceptors (Lipinski definition) is 2. The monoisotopic (exact) mass is 142 g/mol. The van der Waals surface area contributed by atoms with Crippen LogP contribution in [0.4, 0.5) is 0 Å². The van der Waals surface area contributed by atoms with Gasteiger partial charge in [-0.2, -0.15) is 0 Å². The van der Waals surface area contributed by atoms with Gasteiger partial charge in [-0.1, -0.05) is 13.8 Å². The van der Waals surface area contributed by atoms with Gasteiger partial charge in [-0.3, -0.25) is 0 Å². The summed E-state index contributed by atoms with van der Waals surface area (Å²) in [6.45, 7) is 4.33. The van der Waals surface area contributed by atoms with Crippen LogP contribution in [0, 0.1) is 5.08 Å². The van der Waals surface area contributed by atoms with Gasteiger partial charge in [0, 0.05) is 0 Å². The van der Waals surface area contributed by atoms with Crippen molar-refractivity contribution in [2.75, 3.05) is 11.5 Å². The Morgan fingerprint density at radius 2 is 1.50 bits per heavy atom. The molecule has 0 saturated carbocycles. The summed E-state index contributed by atoms with van der Waals surface area (Å²) in [6.07, 6.45) is 0. The molecule has 0 aliphatic carbocycles. The van der Waals surface area contributed by atoms with Crippen molar-refractivity contribution in [2.45, 2.75) is 13.8 Å². The molecule has 0 amide bonds. The summed E-state index contributed by atoms with van der Waals surface area (Å²) in [5.41, 5.74) is 0. The minimum Gasteiger partial charge on any atom is -0.341 e. The van der Waals surface area contributed by atoms with Crippen LogP contribution in [-0.4, -0.2) is 11.5 Å². The van der Waals surface area contributed by atoms with Crippen LogP contribution in [0.3, 0.4) is 0 Å². The Labute approximate surface area is 72.7 Å². The summed E-state index contributed by atoms with van der Waals surface area (Å²) in [4.78, 5) is 0. The van der Waals surface area contributed by atoms with Gasteiger partial charge in [-0.15, -0.1) is 0 Å². The second-order valence-electron chi connectivity index (χ2n) is 1.01. The van der Waals surface area contributed by atoms with Gasteiger partial charge in [0.05, 0.1) is 0 Å². The first-order valence-electron chi connectivity index (χ1n) is 2.46. The predicted octanol–water partition coefficient (Wildman–Crippen LogP) is -0.384. The summed E-state index contributed by atoms with van der Waals surface area (Å²) < 4.78 is 0. The second kappa shape index (κ2) is 11.1. The molecule has 0 aromatic carbocycles. The summed E-state index contributed by atoms with van der Waals surface area (Å²) in [6, 6.07) is 0. The van der Waals surface area contributed by atoms with Crippen LogP contribution in [0.1, 0.15) is 13.8 Å². The third-order valence-corrected chi connectivity index (χ3v) is 2.22. The summed E-state index contributed by atoms with van der Waals surface area (Å²) in [7, 11) is 0. The van der Waals surface area contributed by atoms with Gasteiger partial charge in [-0.05, 0) is 11.5 Å². The minimum atomic E-state index is 0. The number of hydrogen-bond donors (Lipinski definition) is 0. The Morgan fingerprint density at radius 1 is 1.12 bits per heavy atom. The molecule has 0 aromatic rings. The Balaban J connectivity index is 0. The zero-order valence-corrected chi connectivity index (χ0v) is 7.44. The molecule has 0 aliphatic rings. The van der Waals surface area contributed by atoms with E-state index in [-0.39, 0.29) is 18.9 Å². The molecular weight excluding hydrogens is 131 g/mol. The van der Waals surface area contributed by atoms with Gasteiger partial charge >= 0.3 is 18.9 Å². The first-order valence-corrected chi connectivity index (χ1v) is 4.56. The van der Waals surface area contributed by atoms with Crippen LogP contribution >= 0.6 is 23.5 Å². The molecule has 0 bridgehead atoms. The van der Waals surface area contributed by atoms with E-state index in [4.69, 9.17) is 0 Å². The van der Waals surface area contributed by atoms with Crippen molar-refractivity contribution in [3.05, 3.63) is 5.08 Å². The zero-order chi connectivity index (χ0) is 5.54. The van der Waals surface area contributed by atoms with Crippen molar-refractivity contribution in [2.24, 2.45) is 0 Å². The van der Waals surface area contributed by atoms with E-state index in [9.17, 15) is 0 Å². The zero-order valence-electron chi connectivity index (χ0n) is 5.81. The number of thioether (sulfide) groups is 2. The predicted molar refractivity (Wildman–Crippen MR) is 40.6 cm³/mol. The molecule has 44 valence electrons. The topological polar surface area (TPSA) is 0 Å². The SMILES string of the molecule is CCS[CH-]SCC.[Li+]. The van der Waals surface area contributed by atoms with Crippen molar-refractivity contribution in [1.29, 1.82) is 0 Å². The van der Waals surface area contributed by atoms with E-state index in [1.165, 1.54) is 11.5 Å². The molecule has 0 N–H and O–H groups in total. The molecule has 0 unspecified atom stereocenters. The van der Waals surface area contributed by atoms with Crippen molar-refractivity contribution < 1.29 is 18.9 Å². The molecule has 3 heteroatoms. The Morgan fingerprint density at radius 3 is 1.75 bits per heavy atom. The fourth-order valence-electron chi connectivity index (χ4n) is 0.184. The van der Waals surface area contributed by atoms with Crippen LogP contribution in [-0.2, 0) is 0 Å². The van der Waals surface area contributed by atoms with Crippen molar-refractivity contribution >= 4 is 23.5 Å². The van der Waals surface area contributed by atoms with E-state index in [0.717, 1.165) is 0 Å². The van der Waals surface area contributed by atoms with Crippen molar-refractivity contribution in [3.8, 4) is 0 Å². The normalized spacial score (nSPS) is 8.25. The van der Waals surface area contributed by atoms with E-state index in [1.807, 2.05) is 23.5 Å². The second-order valence-corrected chi connectivity index (χ2v) is 3.60. The van der Waals surface area contributed by atoms with E-state index >= 15 is 0 Å². The van der Waals surface area contributed by atoms with Gasteiger partial charge < -0.3 is 23.5 Å². The maximum atomic E-state index is 2.19. The molecule has 0 atom stereocenters. The Hall–Kier alpha value is 1.30. The molecule has 0 spiro atoms. The third-order valence-electron chi connectivity index (χ3n) is 0.469. The molecule has 0 rings (SSSR count). The Kier molecular flexibility index (Phi) is 16.7. The maximum Gasteiger partial charge on any atom is 1.00 e. The smallest absolute Gasteiger partial charge is 0.341 e. The first-order chi connectivity index (χ1) is 3.41. The van der Waals surface area contributed by atoms with Gasteiger partial charge in [0.2, 0.25) is 0 Å². The largest absolute Gasteiger partial charge is 1.00 e. The summed E-state index contributed by atoms with van der Waals surface area (Å²) in [5.74, 6) is 2.40. The molecule has 0 heterocycles. The quantitative estimate of drug-likeness (QED) is 0.298. The van der Waals surface area contributed by atoms with E-state index in [2.05, 4.69) is 18.9 Å². The molecule has 0 fully saturated rings. The van der Waals surface area contributed by atoms with Gasteiger partial charge in [0.1, 0.15) is 0 Å². The molecule has 0 aliphatic heterocycles. The fraction of sp³-hybridized carbons (Fsp3) is 0.800. The maximum absolute atomic E-state index is 2.19. The molecule has 0 saturated heterocycles. The molecular formula is C5H11LiS2. The van der Waals surface area contributed by atoms with Crippen LogP contribution < -0.4 is 18.9 Å². The van der Waals surface area contributed by atoms with Gasteiger partial charge in [0.15, 0.2) is 0 Å². The first kappa shape index (κ1) is 12.0. The molecule has 8 heavy (non-hydrogen) atoms. The van der Waals surface area contributed by atoms with Crippen LogP contribution in [0.2, 0.25) is 0 Å². The fourth-order valence-corrected chi connectivity index (χ4v) is 1.66. The van der Waals surface area contributed by atoms with Gasteiger partial charge in [-0.25, -0.2) is 5.08 Å².